The number of likely N-dealkylation sites (tertiary alicyclic amines) is 1. The SMILES string of the molecule is COc1cc(C)c(C(=O)NC2CCC3(CC2)CN(C(=O)c2ccc(OCC4CC4)cc2F)C3)cc1OC. The highest BCUT2D eigenvalue weighted by Gasteiger charge is 2.47. The summed E-state index contributed by atoms with van der Waals surface area (Å²) in [6, 6.07) is 8.14. The van der Waals surface area contributed by atoms with Crippen molar-refractivity contribution in [1.82, 2.24) is 10.2 Å². The largest absolute Gasteiger partial charge is 0.493 e. The van der Waals surface area contributed by atoms with Crippen molar-refractivity contribution in [2.75, 3.05) is 33.9 Å². The van der Waals surface area contributed by atoms with Crippen LogP contribution in [0.25, 0.3) is 0 Å². The molecular formula is C29H35FN2O5. The van der Waals surface area contributed by atoms with Crippen LogP contribution in [0.4, 0.5) is 4.39 Å². The molecule has 0 aromatic heterocycles. The third-order valence-electron chi connectivity index (χ3n) is 8.05. The number of benzene rings is 2. The van der Waals surface area contributed by atoms with Gasteiger partial charge in [-0.25, -0.2) is 4.39 Å². The minimum absolute atomic E-state index is 0.0555. The van der Waals surface area contributed by atoms with Crippen LogP contribution in [0, 0.1) is 24.1 Å². The highest BCUT2D eigenvalue weighted by atomic mass is 19.1. The van der Waals surface area contributed by atoms with E-state index in [2.05, 4.69) is 5.32 Å². The van der Waals surface area contributed by atoms with Crippen molar-refractivity contribution in [3.05, 3.63) is 52.8 Å². The average Bonchev–Trinajstić information content (AvgIpc) is 3.70. The summed E-state index contributed by atoms with van der Waals surface area (Å²) in [7, 11) is 3.12. The summed E-state index contributed by atoms with van der Waals surface area (Å²) in [6.45, 7) is 3.74. The number of ether oxygens (including phenoxy) is 3. The van der Waals surface area contributed by atoms with Crippen molar-refractivity contribution >= 4 is 11.8 Å². The minimum Gasteiger partial charge on any atom is -0.493 e. The first-order valence-electron chi connectivity index (χ1n) is 13.1. The molecule has 8 heteroatoms. The number of nitrogens with one attached hydrogen (secondary N) is 1. The van der Waals surface area contributed by atoms with Gasteiger partial charge in [-0.05, 0) is 81.2 Å². The maximum Gasteiger partial charge on any atom is 0.256 e. The summed E-state index contributed by atoms with van der Waals surface area (Å²) in [5.74, 6) is 1.26. The maximum absolute atomic E-state index is 14.6. The van der Waals surface area contributed by atoms with Crippen LogP contribution >= 0.6 is 0 Å². The zero-order chi connectivity index (χ0) is 26.2. The molecule has 3 fully saturated rings. The Morgan fingerprint density at radius 2 is 1.68 bits per heavy atom. The van der Waals surface area contributed by atoms with Crippen molar-refractivity contribution in [3.63, 3.8) is 0 Å². The molecule has 1 aliphatic heterocycles. The molecule has 2 saturated carbocycles. The fourth-order valence-corrected chi connectivity index (χ4v) is 5.51. The lowest BCUT2D eigenvalue weighted by Crippen LogP contribution is -2.60. The van der Waals surface area contributed by atoms with Gasteiger partial charge in [0.25, 0.3) is 11.8 Å². The molecule has 1 N–H and O–H groups in total. The van der Waals surface area contributed by atoms with Gasteiger partial charge in [0.1, 0.15) is 11.6 Å². The number of rotatable bonds is 8. The molecule has 2 aromatic carbocycles. The lowest BCUT2D eigenvalue weighted by molar-refractivity contribution is -0.0201. The molecule has 7 nitrogen and oxygen atoms in total. The zero-order valence-corrected chi connectivity index (χ0v) is 21.8. The second-order valence-corrected chi connectivity index (χ2v) is 10.8. The Balaban J connectivity index is 1.12. The molecule has 1 spiro atoms. The summed E-state index contributed by atoms with van der Waals surface area (Å²) in [6.07, 6.45) is 5.87. The van der Waals surface area contributed by atoms with Gasteiger partial charge in [0, 0.05) is 36.2 Å². The van der Waals surface area contributed by atoms with Crippen molar-refractivity contribution in [3.8, 4) is 17.2 Å². The number of carbonyl (C=O) groups is 2. The molecule has 2 amide bonds. The Bertz CT molecular complexity index is 1180. The minimum atomic E-state index is -0.531. The Morgan fingerprint density at radius 1 is 1.00 bits per heavy atom. The van der Waals surface area contributed by atoms with E-state index < -0.39 is 5.82 Å². The van der Waals surface area contributed by atoms with Gasteiger partial charge in [-0.3, -0.25) is 9.59 Å². The number of methoxy groups -OCH3 is 2. The van der Waals surface area contributed by atoms with E-state index in [1.165, 1.54) is 25.0 Å². The highest BCUT2D eigenvalue weighted by molar-refractivity contribution is 5.97. The molecular weight excluding hydrogens is 475 g/mol. The third kappa shape index (κ3) is 5.38. The van der Waals surface area contributed by atoms with E-state index in [1.54, 1.807) is 37.3 Å². The molecule has 0 unspecified atom stereocenters. The van der Waals surface area contributed by atoms with Crippen LogP contribution in [0.2, 0.25) is 0 Å². The molecule has 0 radical (unpaired) electrons. The highest BCUT2D eigenvalue weighted by Crippen LogP contribution is 2.44. The lowest BCUT2D eigenvalue weighted by Gasteiger charge is -2.53. The number of aryl methyl sites for hydroxylation is 1. The Hall–Kier alpha value is -3.29. The summed E-state index contributed by atoms with van der Waals surface area (Å²) in [4.78, 5) is 27.6. The fourth-order valence-electron chi connectivity index (χ4n) is 5.51. The van der Waals surface area contributed by atoms with E-state index in [0.717, 1.165) is 31.2 Å². The predicted molar refractivity (Wildman–Crippen MR) is 137 cm³/mol. The molecule has 5 rings (SSSR count). The summed E-state index contributed by atoms with van der Waals surface area (Å²) in [5, 5.41) is 3.17. The first-order chi connectivity index (χ1) is 17.8. The molecule has 37 heavy (non-hydrogen) atoms. The summed E-state index contributed by atoms with van der Waals surface area (Å²) < 4.78 is 30.9. The number of nitrogens with zero attached hydrogens (tertiary/aromatic N) is 1. The number of amides is 2. The quantitative estimate of drug-likeness (QED) is 0.555. The van der Waals surface area contributed by atoms with E-state index >= 15 is 0 Å². The first-order valence-corrected chi connectivity index (χ1v) is 13.1. The van der Waals surface area contributed by atoms with E-state index in [-0.39, 0.29) is 28.8 Å². The van der Waals surface area contributed by atoms with Gasteiger partial charge in [-0.1, -0.05) is 0 Å². The van der Waals surface area contributed by atoms with E-state index in [4.69, 9.17) is 14.2 Å². The lowest BCUT2D eigenvalue weighted by atomic mass is 9.67. The zero-order valence-electron chi connectivity index (χ0n) is 21.8. The topological polar surface area (TPSA) is 77.1 Å². The standard InChI is InChI=1S/C29H35FN2O5/c1-18-12-25(35-2)26(36-3)14-23(18)27(33)31-20-8-10-29(11-9-20)16-32(17-29)28(34)22-7-6-21(13-24(22)30)37-15-19-4-5-19/h6-7,12-14,19-20H,4-5,8-11,15-17H2,1-3H3,(H,31,33). The Labute approximate surface area is 217 Å². The Kier molecular flexibility index (Phi) is 7.01. The number of hydrogen-bond donors (Lipinski definition) is 1. The second kappa shape index (κ2) is 10.2. The van der Waals surface area contributed by atoms with Crippen LogP contribution < -0.4 is 19.5 Å². The first kappa shape index (κ1) is 25.4. The van der Waals surface area contributed by atoms with Crippen LogP contribution in [0.3, 0.4) is 0 Å². The van der Waals surface area contributed by atoms with Crippen molar-refractivity contribution in [2.24, 2.45) is 11.3 Å². The molecule has 1 saturated heterocycles. The average molecular weight is 511 g/mol. The number of halogens is 1. The Morgan fingerprint density at radius 3 is 2.30 bits per heavy atom. The predicted octanol–water partition coefficient (Wildman–Crippen LogP) is 4.75. The van der Waals surface area contributed by atoms with E-state index in [9.17, 15) is 14.0 Å². The third-order valence-corrected chi connectivity index (χ3v) is 8.05. The van der Waals surface area contributed by atoms with Gasteiger partial charge in [0.2, 0.25) is 0 Å². The van der Waals surface area contributed by atoms with Gasteiger partial charge < -0.3 is 24.4 Å². The van der Waals surface area contributed by atoms with Crippen molar-refractivity contribution in [2.45, 2.75) is 51.5 Å². The van der Waals surface area contributed by atoms with Crippen LogP contribution in [0.15, 0.2) is 30.3 Å². The molecule has 1 heterocycles. The van der Waals surface area contributed by atoms with Crippen molar-refractivity contribution < 1.29 is 28.2 Å². The number of carbonyl (C=O) groups excluding carboxylic acids is 2. The van der Waals surface area contributed by atoms with Crippen LogP contribution in [-0.2, 0) is 0 Å². The van der Waals surface area contributed by atoms with E-state index in [1.807, 2.05) is 6.92 Å². The monoisotopic (exact) mass is 510 g/mol. The van der Waals surface area contributed by atoms with Gasteiger partial charge in [-0.2, -0.15) is 0 Å². The molecule has 0 atom stereocenters. The van der Waals surface area contributed by atoms with Crippen LogP contribution in [0.5, 0.6) is 17.2 Å². The normalized spacial score (nSPS) is 18.8. The van der Waals surface area contributed by atoms with Gasteiger partial charge in [-0.15, -0.1) is 0 Å². The fraction of sp³-hybridized carbons (Fsp3) is 0.517. The molecule has 3 aliphatic rings. The second-order valence-electron chi connectivity index (χ2n) is 10.8. The van der Waals surface area contributed by atoms with Crippen LogP contribution in [-0.4, -0.2) is 56.7 Å². The van der Waals surface area contributed by atoms with Gasteiger partial charge >= 0.3 is 0 Å². The van der Waals surface area contributed by atoms with E-state index in [0.29, 0.717) is 48.4 Å². The van der Waals surface area contributed by atoms with Gasteiger partial charge in [0.15, 0.2) is 11.5 Å². The van der Waals surface area contributed by atoms with Crippen LogP contribution in [0.1, 0.15) is 64.8 Å². The number of hydrogen-bond acceptors (Lipinski definition) is 5. The van der Waals surface area contributed by atoms with Crippen molar-refractivity contribution in [1.29, 1.82) is 0 Å². The smallest absolute Gasteiger partial charge is 0.256 e. The van der Waals surface area contributed by atoms with Gasteiger partial charge in [0.05, 0.1) is 26.4 Å². The molecule has 2 aliphatic carbocycles. The molecule has 0 bridgehead atoms. The molecule has 2 aromatic rings. The summed E-state index contributed by atoms with van der Waals surface area (Å²) in [5.41, 5.74) is 1.55. The maximum atomic E-state index is 14.6. The molecule has 198 valence electrons. The summed E-state index contributed by atoms with van der Waals surface area (Å²) >= 11 is 0.